The molecule has 0 bridgehead atoms. The molecule has 3 aromatic rings. The summed E-state index contributed by atoms with van der Waals surface area (Å²) in [6.45, 7) is 0.00369. The highest BCUT2D eigenvalue weighted by atomic mass is 16.6. The van der Waals surface area contributed by atoms with E-state index in [1.54, 1.807) is 36.4 Å². The number of hydrogen-bond acceptors (Lipinski definition) is 8. The van der Waals surface area contributed by atoms with E-state index in [9.17, 15) is 24.5 Å². The molecule has 3 aromatic carbocycles. The maximum atomic E-state index is 13.4. The Morgan fingerprint density at radius 2 is 1.49 bits per heavy atom. The standard InChI is InChI=1S/C28H29N3O8/c1-37-25-14-13-22(31(35)36)16-21(25)17-24(27(33)38-2)29-26(32)23(15-19-9-5-3-6-10-19)30-28(34)39-18-20-11-7-4-8-12-20/h3-14,16,23-24H,15,17-18H2,1-2H3,(H,29,32)(H,30,34)/t23-,24-/m0/s1. The zero-order valence-electron chi connectivity index (χ0n) is 21.5. The number of alkyl carbamates (subject to hydrolysis) is 1. The molecular weight excluding hydrogens is 506 g/mol. The number of nitrogens with one attached hydrogen (secondary N) is 2. The number of rotatable bonds is 12. The van der Waals surface area contributed by atoms with Crippen molar-refractivity contribution in [2.75, 3.05) is 14.2 Å². The lowest BCUT2D eigenvalue weighted by atomic mass is 10.0. The van der Waals surface area contributed by atoms with E-state index in [2.05, 4.69) is 10.6 Å². The first-order valence-corrected chi connectivity index (χ1v) is 12.0. The summed E-state index contributed by atoms with van der Waals surface area (Å²) < 4.78 is 15.4. The Hall–Kier alpha value is -4.93. The minimum absolute atomic E-state index is 0.00369. The maximum Gasteiger partial charge on any atom is 0.408 e. The van der Waals surface area contributed by atoms with Gasteiger partial charge in [-0.25, -0.2) is 9.59 Å². The van der Waals surface area contributed by atoms with Gasteiger partial charge in [-0.1, -0.05) is 60.7 Å². The van der Waals surface area contributed by atoms with Crippen LogP contribution in [0.2, 0.25) is 0 Å². The van der Waals surface area contributed by atoms with Gasteiger partial charge in [0, 0.05) is 30.5 Å². The minimum atomic E-state index is -1.22. The number of benzene rings is 3. The molecule has 0 saturated carbocycles. The number of ether oxygens (including phenoxy) is 3. The smallest absolute Gasteiger partial charge is 0.408 e. The largest absolute Gasteiger partial charge is 0.496 e. The molecule has 0 aliphatic carbocycles. The van der Waals surface area contributed by atoms with Crippen molar-refractivity contribution in [2.24, 2.45) is 0 Å². The van der Waals surface area contributed by atoms with E-state index in [1.165, 1.54) is 25.3 Å². The normalized spacial score (nSPS) is 11.9. The molecule has 0 aliphatic heterocycles. The van der Waals surface area contributed by atoms with Crippen LogP contribution in [0, 0.1) is 10.1 Å². The maximum absolute atomic E-state index is 13.4. The fourth-order valence-electron chi connectivity index (χ4n) is 3.83. The number of nitro benzene ring substituents is 1. The van der Waals surface area contributed by atoms with Crippen molar-refractivity contribution in [2.45, 2.75) is 31.5 Å². The third kappa shape index (κ3) is 8.56. The number of methoxy groups -OCH3 is 2. The lowest BCUT2D eigenvalue weighted by Crippen LogP contribution is -2.53. The van der Waals surface area contributed by atoms with Crippen LogP contribution in [0.5, 0.6) is 5.75 Å². The van der Waals surface area contributed by atoms with Gasteiger partial charge in [-0.2, -0.15) is 0 Å². The van der Waals surface area contributed by atoms with E-state index in [0.29, 0.717) is 11.3 Å². The molecule has 0 spiro atoms. The number of amides is 2. The van der Waals surface area contributed by atoms with Gasteiger partial charge in [-0.15, -0.1) is 0 Å². The highest BCUT2D eigenvalue weighted by Crippen LogP contribution is 2.25. The van der Waals surface area contributed by atoms with Gasteiger partial charge < -0.3 is 24.8 Å². The van der Waals surface area contributed by atoms with E-state index >= 15 is 0 Å². The Morgan fingerprint density at radius 1 is 0.846 bits per heavy atom. The van der Waals surface area contributed by atoms with Gasteiger partial charge >= 0.3 is 12.1 Å². The van der Waals surface area contributed by atoms with Crippen LogP contribution in [0.25, 0.3) is 0 Å². The van der Waals surface area contributed by atoms with Crippen LogP contribution >= 0.6 is 0 Å². The highest BCUT2D eigenvalue weighted by Gasteiger charge is 2.29. The molecule has 2 N–H and O–H groups in total. The van der Waals surface area contributed by atoms with Crippen LogP contribution in [-0.4, -0.2) is 49.2 Å². The molecule has 3 rings (SSSR count). The van der Waals surface area contributed by atoms with Crippen molar-refractivity contribution in [3.63, 3.8) is 0 Å². The fraction of sp³-hybridized carbons (Fsp3) is 0.250. The minimum Gasteiger partial charge on any atom is -0.496 e. The first-order chi connectivity index (χ1) is 18.8. The molecule has 0 unspecified atom stereocenters. The van der Waals surface area contributed by atoms with Crippen molar-refractivity contribution < 1.29 is 33.5 Å². The zero-order valence-corrected chi connectivity index (χ0v) is 21.5. The summed E-state index contributed by atoms with van der Waals surface area (Å²) in [6, 6.07) is 19.7. The predicted molar refractivity (Wildman–Crippen MR) is 141 cm³/mol. The van der Waals surface area contributed by atoms with E-state index < -0.39 is 35.0 Å². The number of hydrogen-bond donors (Lipinski definition) is 2. The quantitative estimate of drug-likeness (QED) is 0.204. The molecule has 39 heavy (non-hydrogen) atoms. The van der Waals surface area contributed by atoms with Crippen LogP contribution < -0.4 is 15.4 Å². The number of esters is 1. The van der Waals surface area contributed by atoms with Gasteiger partial charge in [0.15, 0.2) is 0 Å². The van der Waals surface area contributed by atoms with E-state index in [1.807, 2.05) is 24.3 Å². The molecule has 0 heterocycles. The SMILES string of the molecule is COC(=O)[C@H](Cc1cc([N+](=O)[O-])ccc1OC)NC(=O)[C@H](Cc1ccccc1)NC(=O)OCc1ccccc1. The Labute approximate surface area is 225 Å². The molecule has 11 heteroatoms. The Balaban J connectivity index is 1.79. The third-order valence-corrected chi connectivity index (χ3v) is 5.81. The molecule has 0 aromatic heterocycles. The highest BCUT2D eigenvalue weighted by molar-refractivity contribution is 5.90. The molecule has 0 saturated heterocycles. The molecule has 11 nitrogen and oxygen atoms in total. The van der Waals surface area contributed by atoms with Crippen molar-refractivity contribution in [3.05, 3.63) is 106 Å². The molecule has 0 aliphatic rings. The summed E-state index contributed by atoms with van der Waals surface area (Å²) >= 11 is 0. The number of nitro groups is 1. The van der Waals surface area contributed by atoms with Crippen molar-refractivity contribution in [3.8, 4) is 5.75 Å². The Kier molecular flexibility index (Phi) is 10.4. The van der Waals surface area contributed by atoms with Crippen LogP contribution in [0.4, 0.5) is 10.5 Å². The molecule has 0 fully saturated rings. The fourth-order valence-corrected chi connectivity index (χ4v) is 3.83. The number of nitrogens with zero attached hydrogens (tertiary/aromatic N) is 1. The second kappa shape index (κ2) is 14.1. The number of carbonyl (C=O) groups is 3. The van der Waals surface area contributed by atoms with Gasteiger partial charge in [-0.05, 0) is 17.2 Å². The van der Waals surface area contributed by atoms with Crippen LogP contribution in [0.3, 0.4) is 0 Å². The summed E-state index contributed by atoms with van der Waals surface area (Å²) in [5.74, 6) is -1.15. The molecule has 204 valence electrons. The van der Waals surface area contributed by atoms with E-state index in [4.69, 9.17) is 14.2 Å². The molecular formula is C28H29N3O8. The number of carbonyl (C=O) groups excluding carboxylic acids is 3. The summed E-state index contributed by atoms with van der Waals surface area (Å²) in [5.41, 5.74) is 1.65. The summed E-state index contributed by atoms with van der Waals surface area (Å²) in [4.78, 5) is 49.3. The Morgan fingerprint density at radius 3 is 2.08 bits per heavy atom. The first-order valence-electron chi connectivity index (χ1n) is 12.0. The monoisotopic (exact) mass is 535 g/mol. The molecule has 2 atom stereocenters. The van der Waals surface area contributed by atoms with Crippen molar-refractivity contribution >= 4 is 23.7 Å². The zero-order chi connectivity index (χ0) is 28.2. The van der Waals surface area contributed by atoms with Gasteiger partial charge in [0.1, 0.15) is 24.4 Å². The lowest BCUT2D eigenvalue weighted by molar-refractivity contribution is -0.384. The van der Waals surface area contributed by atoms with Crippen molar-refractivity contribution in [1.29, 1.82) is 0 Å². The van der Waals surface area contributed by atoms with Crippen molar-refractivity contribution in [1.82, 2.24) is 10.6 Å². The van der Waals surface area contributed by atoms with Gasteiger partial charge in [0.05, 0.1) is 19.1 Å². The predicted octanol–water partition coefficient (Wildman–Crippen LogP) is 3.34. The van der Waals surface area contributed by atoms with Crippen LogP contribution in [0.1, 0.15) is 16.7 Å². The first kappa shape index (κ1) is 28.6. The summed E-state index contributed by atoms with van der Waals surface area (Å²) in [5, 5.41) is 16.4. The summed E-state index contributed by atoms with van der Waals surface area (Å²) in [7, 11) is 2.55. The lowest BCUT2D eigenvalue weighted by Gasteiger charge is -2.23. The van der Waals surface area contributed by atoms with E-state index in [0.717, 1.165) is 18.2 Å². The second-order valence-corrected chi connectivity index (χ2v) is 8.49. The summed E-state index contributed by atoms with van der Waals surface area (Å²) in [6.07, 6.45) is -0.856. The Bertz CT molecular complexity index is 1280. The second-order valence-electron chi connectivity index (χ2n) is 8.49. The third-order valence-electron chi connectivity index (χ3n) is 5.81. The van der Waals surface area contributed by atoms with Gasteiger partial charge in [0.2, 0.25) is 5.91 Å². The van der Waals surface area contributed by atoms with Crippen LogP contribution in [-0.2, 0) is 38.5 Å². The van der Waals surface area contributed by atoms with Gasteiger partial charge in [-0.3, -0.25) is 14.9 Å². The average Bonchev–Trinajstić information content (AvgIpc) is 2.95. The van der Waals surface area contributed by atoms with E-state index in [-0.39, 0.29) is 25.1 Å². The van der Waals surface area contributed by atoms with Crippen LogP contribution in [0.15, 0.2) is 78.9 Å². The molecule has 2 amide bonds. The molecule has 0 radical (unpaired) electrons. The topological polar surface area (TPSA) is 146 Å². The number of non-ortho nitro benzene ring substituents is 1. The van der Waals surface area contributed by atoms with Gasteiger partial charge in [0.25, 0.3) is 5.69 Å². The average molecular weight is 536 g/mol.